The Kier molecular flexibility index (Phi) is 6.33. The average Bonchev–Trinajstić information content (AvgIpc) is 3.27. The summed E-state index contributed by atoms with van der Waals surface area (Å²) in [5.74, 6) is -0.00849. The second kappa shape index (κ2) is 8.93. The predicted octanol–water partition coefficient (Wildman–Crippen LogP) is 1.65. The molecule has 1 saturated carbocycles. The zero-order valence-corrected chi connectivity index (χ0v) is 17.5. The van der Waals surface area contributed by atoms with Crippen LogP contribution in [0.3, 0.4) is 0 Å². The van der Waals surface area contributed by atoms with E-state index in [1.807, 2.05) is 4.68 Å². The number of methoxy groups -OCH3 is 1. The van der Waals surface area contributed by atoms with Crippen LogP contribution in [0.2, 0.25) is 0 Å². The number of nitrogens with zero attached hydrogens (tertiary/aromatic N) is 4. The molecule has 4 rings (SSSR count). The molecule has 0 aromatic carbocycles. The standard InChI is InChI=1S/C21H35N5O2/c1-3-24-10-5-8-17(24)14-22-21(27)20-18-15-25(16-6-4-7-16)11-9-19(18)26(23-20)12-13-28-2/h16-17H,3-15H2,1-2H3,(H,22,27). The summed E-state index contributed by atoms with van der Waals surface area (Å²) in [6, 6.07) is 1.16. The van der Waals surface area contributed by atoms with Crippen molar-refractivity contribution in [3.05, 3.63) is 17.0 Å². The van der Waals surface area contributed by atoms with Gasteiger partial charge in [0.2, 0.25) is 0 Å². The van der Waals surface area contributed by atoms with Crippen LogP contribution in [0.4, 0.5) is 0 Å². The molecule has 0 radical (unpaired) electrons. The number of carbonyl (C=O) groups is 1. The van der Waals surface area contributed by atoms with Crippen LogP contribution in [-0.2, 0) is 24.2 Å². The molecule has 28 heavy (non-hydrogen) atoms. The Morgan fingerprint density at radius 1 is 1.25 bits per heavy atom. The van der Waals surface area contributed by atoms with Gasteiger partial charge >= 0.3 is 0 Å². The van der Waals surface area contributed by atoms with Crippen molar-refractivity contribution in [1.82, 2.24) is 24.9 Å². The fraction of sp³-hybridized carbons (Fsp3) is 0.810. The summed E-state index contributed by atoms with van der Waals surface area (Å²) in [6.07, 6.45) is 7.30. The summed E-state index contributed by atoms with van der Waals surface area (Å²) in [4.78, 5) is 18.1. The molecule has 2 fully saturated rings. The van der Waals surface area contributed by atoms with E-state index in [0.717, 1.165) is 44.7 Å². The van der Waals surface area contributed by atoms with Crippen LogP contribution in [0, 0.1) is 0 Å². The molecule has 2 aliphatic heterocycles. The highest BCUT2D eigenvalue weighted by atomic mass is 16.5. The topological polar surface area (TPSA) is 62.6 Å². The molecule has 1 aromatic rings. The summed E-state index contributed by atoms with van der Waals surface area (Å²) in [5.41, 5.74) is 3.01. The summed E-state index contributed by atoms with van der Waals surface area (Å²) in [5, 5.41) is 7.93. The Hall–Kier alpha value is -1.44. The number of ether oxygens (including phenoxy) is 1. The molecule has 1 N–H and O–H groups in total. The number of likely N-dealkylation sites (N-methyl/N-ethyl adjacent to an activating group) is 1. The Morgan fingerprint density at radius 2 is 2.11 bits per heavy atom. The monoisotopic (exact) mass is 389 g/mol. The quantitative estimate of drug-likeness (QED) is 0.733. The molecule has 0 spiro atoms. The third-order valence-electron chi connectivity index (χ3n) is 6.88. The van der Waals surface area contributed by atoms with Crippen LogP contribution in [0.25, 0.3) is 0 Å². The van der Waals surface area contributed by atoms with Crippen LogP contribution in [-0.4, -0.2) is 77.5 Å². The van der Waals surface area contributed by atoms with Crippen molar-refractivity contribution in [2.24, 2.45) is 0 Å². The van der Waals surface area contributed by atoms with Gasteiger partial charge in [-0.1, -0.05) is 13.3 Å². The predicted molar refractivity (Wildman–Crippen MR) is 108 cm³/mol. The van der Waals surface area contributed by atoms with E-state index in [9.17, 15) is 4.79 Å². The third kappa shape index (κ3) is 3.98. The van der Waals surface area contributed by atoms with Gasteiger partial charge in [-0.3, -0.25) is 19.3 Å². The number of hydrogen-bond donors (Lipinski definition) is 1. The fourth-order valence-electron chi connectivity index (χ4n) is 4.96. The fourth-order valence-corrected chi connectivity index (χ4v) is 4.96. The maximum absolute atomic E-state index is 13.1. The van der Waals surface area contributed by atoms with E-state index in [0.29, 0.717) is 30.9 Å². The molecule has 1 unspecified atom stereocenters. The van der Waals surface area contributed by atoms with E-state index >= 15 is 0 Å². The van der Waals surface area contributed by atoms with Crippen molar-refractivity contribution < 1.29 is 9.53 Å². The van der Waals surface area contributed by atoms with Crippen molar-refractivity contribution in [2.45, 2.75) is 70.6 Å². The van der Waals surface area contributed by atoms with E-state index in [-0.39, 0.29) is 5.91 Å². The first kappa shape index (κ1) is 19.9. The number of amides is 1. The highest BCUT2D eigenvalue weighted by molar-refractivity contribution is 5.94. The average molecular weight is 390 g/mol. The number of carbonyl (C=O) groups excluding carboxylic acids is 1. The summed E-state index contributed by atoms with van der Waals surface area (Å²) >= 11 is 0. The second-order valence-corrected chi connectivity index (χ2v) is 8.43. The van der Waals surface area contributed by atoms with Crippen LogP contribution in [0.1, 0.15) is 60.8 Å². The molecule has 3 heterocycles. The lowest BCUT2D eigenvalue weighted by atomic mass is 9.89. The molecule has 1 aliphatic carbocycles. The summed E-state index contributed by atoms with van der Waals surface area (Å²) < 4.78 is 7.27. The Morgan fingerprint density at radius 3 is 2.82 bits per heavy atom. The zero-order valence-electron chi connectivity index (χ0n) is 17.5. The minimum atomic E-state index is -0.00849. The molecule has 1 saturated heterocycles. The number of hydrogen-bond acceptors (Lipinski definition) is 5. The van der Waals surface area contributed by atoms with E-state index in [2.05, 4.69) is 22.0 Å². The van der Waals surface area contributed by atoms with Gasteiger partial charge in [0.15, 0.2) is 5.69 Å². The molecule has 7 nitrogen and oxygen atoms in total. The maximum atomic E-state index is 13.1. The Labute approximate surface area is 168 Å². The second-order valence-electron chi connectivity index (χ2n) is 8.43. The minimum Gasteiger partial charge on any atom is -0.383 e. The van der Waals surface area contributed by atoms with E-state index in [1.165, 1.54) is 37.8 Å². The number of likely N-dealkylation sites (tertiary alicyclic amines) is 1. The van der Waals surface area contributed by atoms with Gasteiger partial charge in [0, 0.05) is 56.5 Å². The number of fused-ring (bicyclic) bond motifs is 1. The Bertz CT molecular complexity index is 685. The van der Waals surface area contributed by atoms with Crippen molar-refractivity contribution in [2.75, 3.05) is 39.9 Å². The van der Waals surface area contributed by atoms with Crippen LogP contribution in [0.5, 0.6) is 0 Å². The SMILES string of the molecule is CCN1CCCC1CNC(=O)c1nn(CCOC)c2c1CN(C1CCC1)CC2. The molecular formula is C21H35N5O2. The van der Waals surface area contributed by atoms with Crippen LogP contribution in [0.15, 0.2) is 0 Å². The van der Waals surface area contributed by atoms with E-state index < -0.39 is 0 Å². The van der Waals surface area contributed by atoms with Crippen LogP contribution >= 0.6 is 0 Å². The zero-order chi connectivity index (χ0) is 19.5. The first-order valence-electron chi connectivity index (χ1n) is 11.0. The highest BCUT2D eigenvalue weighted by Crippen LogP contribution is 2.31. The van der Waals surface area contributed by atoms with Gasteiger partial charge in [-0.15, -0.1) is 0 Å². The third-order valence-corrected chi connectivity index (χ3v) is 6.88. The molecule has 0 bridgehead atoms. The summed E-state index contributed by atoms with van der Waals surface area (Å²) in [7, 11) is 1.71. The van der Waals surface area contributed by atoms with Gasteiger partial charge in [-0.25, -0.2) is 0 Å². The smallest absolute Gasteiger partial charge is 0.272 e. The molecule has 1 amide bonds. The molecule has 156 valence electrons. The largest absolute Gasteiger partial charge is 0.383 e. The van der Waals surface area contributed by atoms with Crippen molar-refractivity contribution >= 4 is 5.91 Å². The van der Waals surface area contributed by atoms with Gasteiger partial charge in [0.1, 0.15) is 0 Å². The number of rotatable bonds is 8. The number of nitrogens with one attached hydrogen (secondary N) is 1. The van der Waals surface area contributed by atoms with Gasteiger partial charge in [0.05, 0.1) is 13.2 Å². The maximum Gasteiger partial charge on any atom is 0.272 e. The first-order valence-corrected chi connectivity index (χ1v) is 11.0. The molecule has 1 aromatic heterocycles. The molecule has 7 heteroatoms. The van der Waals surface area contributed by atoms with Gasteiger partial charge in [-0.2, -0.15) is 5.10 Å². The molecule has 1 atom stereocenters. The highest BCUT2D eigenvalue weighted by Gasteiger charge is 2.33. The Balaban J connectivity index is 1.48. The molecular weight excluding hydrogens is 354 g/mol. The lowest BCUT2D eigenvalue weighted by Crippen LogP contribution is -2.44. The van der Waals surface area contributed by atoms with Crippen LogP contribution < -0.4 is 5.32 Å². The van der Waals surface area contributed by atoms with Gasteiger partial charge in [0.25, 0.3) is 5.91 Å². The van der Waals surface area contributed by atoms with Crippen molar-refractivity contribution in [1.29, 1.82) is 0 Å². The van der Waals surface area contributed by atoms with Gasteiger partial charge in [-0.05, 0) is 38.8 Å². The van der Waals surface area contributed by atoms with Crippen molar-refractivity contribution in [3.8, 4) is 0 Å². The summed E-state index contributed by atoms with van der Waals surface area (Å²) in [6.45, 7) is 8.39. The minimum absolute atomic E-state index is 0.00849. The lowest BCUT2D eigenvalue weighted by Gasteiger charge is -2.39. The van der Waals surface area contributed by atoms with Gasteiger partial charge < -0.3 is 10.1 Å². The van der Waals surface area contributed by atoms with E-state index in [1.54, 1.807) is 7.11 Å². The lowest BCUT2D eigenvalue weighted by molar-refractivity contribution is 0.0924. The first-order chi connectivity index (χ1) is 13.7. The van der Waals surface area contributed by atoms with Crippen molar-refractivity contribution in [3.63, 3.8) is 0 Å². The number of aromatic nitrogens is 2. The normalized spacial score (nSPS) is 23.6. The molecule has 3 aliphatic rings. The van der Waals surface area contributed by atoms with E-state index in [4.69, 9.17) is 9.84 Å².